The fourth-order valence-corrected chi connectivity index (χ4v) is 2.19. The van der Waals surface area contributed by atoms with Gasteiger partial charge in [-0.15, -0.1) is 0 Å². The van der Waals surface area contributed by atoms with Crippen molar-refractivity contribution in [2.75, 3.05) is 19.8 Å². The van der Waals surface area contributed by atoms with Crippen molar-refractivity contribution in [3.05, 3.63) is 59.2 Å². The lowest BCUT2D eigenvalue weighted by molar-refractivity contribution is 0.215. The largest absolute Gasteiger partial charge is 0.490 e. The monoisotopic (exact) mass is 285 g/mol. The summed E-state index contributed by atoms with van der Waals surface area (Å²) in [6, 6.07) is 14.1. The van der Waals surface area contributed by atoms with Crippen LogP contribution in [0.4, 0.5) is 0 Å². The molecule has 3 heteroatoms. The predicted molar refractivity (Wildman–Crippen MR) is 86.1 cm³/mol. The number of aryl methyl sites for hydroxylation is 1. The number of hydrogen-bond donors (Lipinski definition) is 1. The SMILES string of the molecule is Cc1cccc(OCCOc2ccccc2CCN)c1C. The van der Waals surface area contributed by atoms with Crippen LogP contribution in [-0.4, -0.2) is 19.8 Å². The Labute approximate surface area is 126 Å². The fraction of sp³-hybridized carbons (Fsp3) is 0.333. The maximum absolute atomic E-state index is 5.80. The van der Waals surface area contributed by atoms with Crippen molar-refractivity contribution >= 4 is 0 Å². The second-order valence-electron chi connectivity index (χ2n) is 5.04. The summed E-state index contributed by atoms with van der Waals surface area (Å²) in [6.07, 6.45) is 0.827. The molecule has 2 rings (SSSR count). The molecule has 0 aromatic heterocycles. The lowest BCUT2D eigenvalue weighted by Gasteiger charge is -2.13. The summed E-state index contributed by atoms with van der Waals surface area (Å²) in [5, 5.41) is 0. The molecule has 0 bridgehead atoms. The average molecular weight is 285 g/mol. The first kappa shape index (κ1) is 15.4. The standard InChI is InChI=1S/C18H23NO2/c1-14-6-5-9-17(15(14)2)20-12-13-21-18-8-4-3-7-16(18)10-11-19/h3-9H,10-13,19H2,1-2H3. The van der Waals surface area contributed by atoms with Gasteiger partial charge in [-0.25, -0.2) is 0 Å². The van der Waals surface area contributed by atoms with Crippen molar-refractivity contribution < 1.29 is 9.47 Å². The topological polar surface area (TPSA) is 44.5 Å². The van der Waals surface area contributed by atoms with Gasteiger partial charge in [-0.2, -0.15) is 0 Å². The molecule has 0 spiro atoms. The number of hydrogen-bond acceptors (Lipinski definition) is 3. The maximum Gasteiger partial charge on any atom is 0.122 e. The van der Waals surface area contributed by atoms with Crippen molar-refractivity contribution in [2.45, 2.75) is 20.3 Å². The Morgan fingerprint density at radius 3 is 2.29 bits per heavy atom. The van der Waals surface area contributed by atoms with Gasteiger partial charge in [-0.1, -0.05) is 30.3 Å². The first-order valence-corrected chi connectivity index (χ1v) is 7.32. The van der Waals surface area contributed by atoms with Crippen LogP contribution >= 0.6 is 0 Å². The third-order valence-electron chi connectivity index (χ3n) is 3.54. The van der Waals surface area contributed by atoms with Crippen LogP contribution in [0.2, 0.25) is 0 Å². The Morgan fingerprint density at radius 2 is 1.52 bits per heavy atom. The van der Waals surface area contributed by atoms with Crippen molar-refractivity contribution in [3.63, 3.8) is 0 Å². The molecule has 2 N–H and O–H groups in total. The Morgan fingerprint density at radius 1 is 0.857 bits per heavy atom. The smallest absolute Gasteiger partial charge is 0.122 e. The molecule has 0 amide bonds. The first-order valence-electron chi connectivity index (χ1n) is 7.32. The highest BCUT2D eigenvalue weighted by molar-refractivity contribution is 5.38. The fourth-order valence-electron chi connectivity index (χ4n) is 2.19. The molecule has 0 aliphatic carbocycles. The van der Waals surface area contributed by atoms with E-state index in [2.05, 4.69) is 19.9 Å². The molecule has 2 aromatic rings. The van der Waals surface area contributed by atoms with Crippen LogP contribution in [-0.2, 0) is 6.42 Å². The van der Waals surface area contributed by atoms with Crippen molar-refractivity contribution in [1.82, 2.24) is 0 Å². The summed E-state index contributed by atoms with van der Waals surface area (Å²) in [4.78, 5) is 0. The van der Waals surface area contributed by atoms with Crippen molar-refractivity contribution in [1.29, 1.82) is 0 Å². The molecule has 0 saturated carbocycles. The third kappa shape index (κ3) is 4.23. The number of para-hydroxylation sites is 1. The highest BCUT2D eigenvalue weighted by atomic mass is 16.5. The molecule has 112 valence electrons. The predicted octanol–water partition coefficient (Wildman–Crippen LogP) is 3.26. The van der Waals surface area contributed by atoms with Crippen LogP contribution in [0.5, 0.6) is 11.5 Å². The van der Waals surface area contributed by atoms with E-state index in [9.17, 15) is 0 Å². The van der Waals surface area contributed by atoms with Crippen LogP contribution in [0.1, 0.15) is 16.7 Å². The molecule has 0 unspecified atom stereocenters. The summed E-state index contributed by atoms with van der Waals surface area (Å²) in [7, 11) is 0. The number of rotatable bonds is 7. The van der Waals surface area contributed by atoms with Crippen LogP contribution in [0.15, 0.2) is 42.5 Å². The molecular formula is C18H23NO2. The van der Waals surface area contributed by atoms with E-state index in [0.717, 1.165) is 23.5 Å². The average Bonchev–Trinajstić information content (AvgIpc) is 2.49. The molecule has 0 radical (unpaired) electrons. The van der Waals surface area contributed by atoms with E-state index in [1.165, 1.54) is 11.1 Å². The van der Waals surface area contributed by atoms with Gasteiger partial charge in [0.05, 0.1) is 0 Å². The molecule has 21 heavy (non-hydrogen) atoms. The normalized spacial score (nSPS) is 10.4. The molecule has 0 aliphatic rings. The second-order valence-corrected chi connectivity index (χ2v) is 5.04. The number of nitrogens with two attached hydrogens (primary N) is 1. The molecule has 2 aromatic carbocycles. The van der Waals surface area contributed by atoms with E-state index < -0.39 is 0 Å². The van der Waals surface area contributed by atoms with Crippen molar-refractivity contribution in [2.24, 2.45) is 5.73 Å². The highest BCUT2D eigenvalue weighted by Gasteiger charge is 2.04. The summed E-state index contributed by atoms with van der Waals surface area (Å²) < 4.78 is 11.6. The van der Waals surface area contributed by atoms with E-state index >= 15 is 0 Å². The minimum Gasteiger partial charge on any atom is -0.490 e. The Kier molecular flexibility index (Phi) is 5.64. The second kappa shape index (κ2) is 7.70. The molecule has 0 saturated heterocycles. The van der Waals surface area contributed by atoms with Crippen LogP contribution in [0.25, 0.3) is 0 Å². The summed E-state index contributed by atoms with van der Waals surface area (Å²) in [5.41, 5.74) is 9.18. The highest BCUT2D eigenvalue weighted by Crippen LogP contribution is 2.21. The lowest BCUT2D eigenvalue weighted by atomic mass is 10.1. The molecule has 0 atom stereocenters. The zero-order chi connectivity index (χ0) is 15.1. The van der Waals surface area contributed by atoms with Gasteiger partial charge in [0.15, 0.2) is 0 Å². The van der Waals surface area contributed by atoms with Crippen LogP contribution in [0.3, 0.4) is 0 Å². The number of ether oxygens (including phenoxy) is 2. The van der Waals surface area contributed by atoms with E-state index in [1.54, 1.807) is 0 Å². The Balaban J connectivity index is 1.86. The Hall–Kier alpha value is -2.00. The maximum atomic E-state index is 5.80. The summed E-state index contributed by atoms with van der Waals surface area (Å²) >= 11 is 0. The van der Waals surface area contributed by atoms with Gasteiger partial charge in [-0.3, -0.25) is 0 Å². The van der Waals surface area contributed by atoms with Gasteiger partial charge in [0.25, 0.3) is 0 Å². The molecule has 0 fully saturated rings. The molecule has 0 heterocycles. The van der Waals surface area contributed by atoms with Gasteiger partial charge in [0.2, 0.25) is 0 Å². The lowest BCUT2D eigenvalue weighted by Crippen LogP contribution is -2.11. The molecule has 3 nitrogen and oxygen atoms in total. The quantitative estimate of drug-likeness (QED) is 0.794. The van der Waals surface area contributed by atoms with Crippen molar-refractivity contribution in [3.8, 4) is 11.5 Å². The molecular weight excluding hydrogens is 262 g/mol. The minimum atomic E-state index is 0.523. The van der Waals surface area contributed by atoms with Gasteiger partial charge in [0, 0.05) is 0 Å². The minimum absolute atomic E-state index is 0.523. The van der Waals surface area contributed by atoms with E-state index in [4.69, 9.17) is 15.2 Å². The zero-order valence-corrected chi connectivity index (χ0v) is 12.8. The first-order chi connectivity index (χ1) is 10.2. The third-order valence-corrected chi connectivity index (χ3v) is 3.54. The van der Waals surface area contributed by atoms with Gasteiger partial charge in [0.1, 0.15) is 24.7 Å². The van der Waals surface area contributed by atoms with Gasteiger partial charge < -0.3 is 15.2 Å². The van der Waals surface area contributed by atoms with E-state index in [1.807, 2.05) is 36.4 Å². The number of benzene rings is 2. The zero-order valence-electron chi connectivity index (χ0n) is 12.8. The molecule has 0 aliphatic heterocycles. The summed E-state index contributed by atoms with van der Waals surface area (Å²) in [6.45, 7) is 5.83. The van der Waals surface area contributed by atoms with Crippen LogP contribution < -0.4 is 15.2 Å². The van der Waals surface area contributed by atoms with E-state index in [0.29, 0.717) is 19.8 Å². The van der Waals surface area contributed by atoms with Gasteiger partial charge in [-0.05, 0) is 55.6 Å². The van der Waals surface area contributed by atoms with E-state index in [-0.39, 0.29) is 0 Å². The Bertz CT molecular complexity index is 581. The van der Waals surface area contributed by atoms with Crippen LogP contribution in [0, 0.1) is 13.8 Å². The summed E-state index contributed by atoms with van der Waals surface area (Å²) in [5.74, 6) is 1.82. The van der Waals surface area contributed by atoms with Gasteiger partial charge >= 0.3 is 0 Å².